The SMILES string of the molecule is C[Si](C)(CC1CCCCC1)C1CCC2CCCCC21. The number of hydrogen-bond donors (Lipinski definition) is 0. The van der Waals surface area contributed by atoms with Crippen molar-refractivity contribution in [1.82, 2.24) is 0 Å². The molecule has 3 saturated carbocycles. The van der Waals surface area contributed by atoms with Gasteiger partial charge in [0.15, 0.2) is 0 Å². The topological polar surface area (TPSA) is 0 Å². The Balaban J connectivity index is 1.62. The molecule has 0 aromatic rings. The van der Waals surface area contributed by atoms with E-state index in [0.29, 0.717) is 0 Å². The van der Waals surface area contributed by atoms with Gasteiger partial charge in [0.2, 0.25) is 0 Å². The molecule has 0 bridgehead atoms. The number of rotatable bonds is 3. The van der Waals surface area contributed by atoms with Gasteiger partial charge in [0.1, 0.15) is 0 Å². The van der Waals surface area contributed by atoms with Gasteiger partial charge in [0.25, 0.3) is 0 Å². The summed E-state index contributed by atoms with van der Waals surface area (Å²) >= 11 is 0. The maximum Gasteiger partial charge on any atom is 0.0510 e. The third-order valence-electron chi connectivity index (χ3n) is 6.88. The molecule has 1 heteroatoms. The maximum absolute atomic E-state index is 2.75. The zero-order valence-electron chi connectivity index (χ0n) is 13.3. The molecule has 0 radical (unpaired) electrons. The van der Waals surface area contributed by atoms with E-state index in [1.807, 2.05) is 0 Å². The molecule has 0 amide bonds. The Bertz CT molecular complexity index is 290. The summed E-state index contributed by atoms with van der Waals surface area (Å²) in [5.41, 5.74) is 1.19. The van der Waals surface area contributed by atoms with E-state index in [-0.39, 0.29) is 0 Å². The lowest BCUT2D eigenvalue weighted by Crippen LogP contribution is -2.38. The summed E-state index contributed by atoms with van der Waals surface area (Å²) in [6, 6.07) is 1.67. The van der Waals surface area contributed by atoms with Crippen molar-refractivity contribution in [1.29, 1.82) is 0 Å². The summed E-state index contributed by atoms with van der Waals surface area (Å²) in [5, 5.41) is 0. The van der Waals surface area contributed by atoms with Gasteiger partial charge in [-0.2, -0.15) is 0 Å². The van der Waals surface area contributed by atoms with Crippen LogP contribution in [0.5, 0.6) is 0 Å². The van der Waals surface area contributed by atoms with E-state index < -0.39 is 8.07 Å². The fourth-order valence-corrected chi connectivity index (χ4v) is 10.7. The largest absolute Gasteiger partial charge is 0.0691 e. The fourth-order valence-electron chi connectivity index (χ4n) is 5.99. The molecule has 110 valence electrons. The summed E-state index contributed by atoms with van der Waals surface area (Å²) in [5.74, 6) is 3.44. The average Bonchev–Trinajstić information content (AvgIpc) is 2.84. The van der Waals surface area contributed by atoms with Crippen molar-refractivity contribution in [3.8, 4) is 0 Å². The highest BCUT2D eigenvalue weighted by Gasteiger charge is 2.45. The molecular weight excluding hydrogens is 244 g/mol. The number of fused-ring (bicyclic) bond motifs is 1. The molecule has 3 atom stereocenters. The summed E-state index contributed by atoms with van der Waals surface area (Å²) in [6.07, 6.45) is 17.2. The van der Waals surface area contributed by atoms with Crippen LogP contribution in [0.1, 0.15) is 70.6 Å². The van der Waals surface area contributed by atoms with Crippen molar-refractivity contribution >= 4 is 8.07 Å². The van der Waals surface area contributed by atoms with Crippen LogP contribution in [0.3, 0.4) is 0 Å². The highest BCUT2D eigenvalue weighted by atomic mass is 28.3. The Morgan fingerprint density at radius 3 is 2.21 bits per heavy atom. The van der Waals surface area contributed by atoms with E-state index in [9.17, 15) is 0 Å². The molecule has 3 unspecified atom stereocenters. The van der Waals surface area contributed by atoms with Crippen LogP contribution >= 0.6 is 0 Å². The molecule has 3 fully saturated rings. The van der Waals surface area contributed by atoms with Gasteiger partial charge < -0.3 is 0 Å². The molecule has 0 saturated heterocycles. The van der Waals surface area contributed by atoms with E-state index >= 15 is 0 Å². The lowest BCUT2D eigenvalue weighted by molar-refractivity contribution is 0.273. The van der Waals surface area contributed by atoms with Gasteiger partial charge in [-0.25, -0.2) is 0 Å². The summed E-state index contributed by atoms with van der Waals surface area (Å²) in [4.78, 5) is 0. The molecule has 0 spiro atoms. The first-order valence-corrected chi connectivity index (χ1v) is 12.5. The molecule has 0 N–H and O–H groups in total. The van der Waals surface area contributed by atoms with Crippen molar-refractivity contribution in [2.24, 2.45) is 17.8 Å². The highest BCUT2D eigenvalue weighted by Crippen LogP contribution is 2.54. The molecule has 0 aliphatic heterocycles. The molecule has 0 nitrogen and oxygen atoms in total. The fraction of sp³-hybridized carbons (Fsp3) is 1.00. The average molecular weight is 279 g/mol. The Labute approximate surface area is 121 Å². The van der Waals surface area contributed by atoms with Gasteiger partial charge in [-0.3, -0.25) is 0 Å². The maximum atomic E-state index is 2.75. The lowest BCUT2D eigenvalue weighted by Gasteiger charge is -2.40. The Morgan fingerprint density at radius 1 is 0.737 bits per heavy atom. The Morgan fingerprint density at radius 2 is 1.42 bits per heavy atom. The van der Waals surface area contributed by atoms with Crippen LogP contribution in [-0.2, 0) is 0 Å². The van der Waals surface area contributed by atoms with Crippen LogP contribution in [0.2, 0.25) is 24.7 Å². The van der Waals surface area contributed by atoms with Gasteiger partial charge in [-0.1, -0.05) is 89.8 Å². The predicted molar refractivity (Wildman–Crippen MR) is 87.3 cm³/mol. The first kappa shape index (κ1) is 14.2. The Kier molecular flexibility index (Phi) is 4.41. The molecule has 3 aliphatic rings. The van der Waals surface area contributed by atoms with Crippen LogP contribution in [0.4, 0.5) is 0 Å². The van der Waals surface area contributed by atoms with Gasteiger partial charge in [-0.15, -0.1) is 0 Å². The van der Waals surface area contributed by atoms with Crippen LogP contribution in [-0.4, -0.2) is 8.07 Å². The van der Waals surface area contributed by atoms with E-state index in [4.69, 9.17) is 0 Å². The normalized spacial score (nSPS) is 37.3. The van der Waals surface area contributed by atoms with E-state index in [1.165, 1.54) is 30.7 Å². The zero-order valence-corrected chi connectivity index (χ0v) is 14.3. The van der Waals surface area contributed by atoms with Gasteiger partial charge in [-0.05, 0) is 23.3 Å². The third kappa shape index (κ3) is 3.12. The summed E-state index contributed by atoms with van der Waals surface area (Å²) in [7, 11) is -0.966. The predicted octanol–water partition coefficient (Wildman–Crippen LogP) is 6.25. The molecule has 0 aromatic heterocycles. The van der Waals surface area contributed by atoms with Crippen LogP contribution in [0, 0.1) is 17.8 Å². The van der Waals surface area contributed by atoms with Crippen molar-refractivity contribution in [2.45, 2.75) is 95.3 Å². The van der Waals surface area contributed by atoms with Crippen molar-refractivity contribution < 1.29 is 0 Å². The van der Waals surface area contributed by atoms with Crippen molar-refractivity contribution in [3.05, 3.63) is 0 Å². The molecule has 0 aromatic carbocycles. The first-order valence-electron chi connectivity index (χ1n) is 9.17. The molecule has 3 aliphatic carbocycles. The molecule has 0 heterocycles. The minimum Gasteiger partial charge on any atom is -0.0691 e. The molecular formula is C18H34Si. The minimum atomic E-state index is -0.966. The third-order valence-corrected chi connectivity index (χ3v) is 11.2. The second kappa shape index (κ2) is 5.91. The van der Waals surface area contributed by atoms with Crippen molar-refractivity contribution in [2.75, 3.05) is 0 Å². The quantitative estimate of drug-likeness (QED) is 0.536. The summed E-state index contributed by atoms with van der Waals surface area (Å²) in [6.45, 7) is 5.51. The number of hydrogen-bond acceptors (Lipinski definition) is 0. The summed E-state index contributed by atoms with van der Waals surface area (Å²) < 4.78 is 0. The van der Waals surface area contributed by atoms with Gasteiger partial charge in [0.05, 0.1) is 8.07 Å². The first-order chi connectivity index (χ1) is 9.17. The Hall–Kier alpha value is 0.217. The van der Waals surface area contributed by atoms with Crippen LogP contribution < -0.4 is 0 Å². The zero-order chi connectivity index (χ0) is 13.3. The van der Waals surface area contributed by atoms with Crippen LogP contribution in [0.15, 0.2) is 0 Å². The molecule has 19 heavy (non-hydrogen) atoms. The minimum absolute atomic E-state index is 0.966. The van der Waals surface area contributed by atoms with Crippen LogP contribution in [0.25, 0.3) is 0 Å². The highest BCUT2D eigenvalue weighted by molar-refractivity contribution is 6.79. The van der Waals surface area contributed by atoms with E-state index in [1.54, 1.807) is 57.4 Å². The monoisotopic (exact) mass is 278 g/mol. The molecule has 3 rings (SSSR count). The van der Waals surface area contributed by atoms with E-state index in [2.05, 4.69) is 13.1 Å². The second-order valence-corrected chi connectivity index (χ2v) is 13.7. The standard InChI is InChI=1S/C18H34Si/c1-19(2,14-15-8-4-3-5-9-15)18-13-12-16-10-6-7-11-17(16)18/h15-18H,3-14H2,1-2H3. The van der Waals surface area contributed by atoms with Crippen molar-refractivity contribution in [3.63, 3.8) is 0 Å². The van der Waals surface area contributed by atoms with Gasteiger partial charge in [0, 0.05) is 0 Å². The lowest BCUT2D eigenvalue weighted by atomic mass is 9.82. The smallest absolute Gasteiger partial charge is 0.0510 e. The second-order valence-electron chi connectivity index (χ2n) is 8.59. The van der Waals surface area contributed by atoms with Gasteiger partial charge >= 0.3 is 0 Å². The van der Waals surface area contributed by atoms with E-state index in [0.717, 1.165) is 11.8 Å².